The molecule has 0 radical (unpaired) electrons. The first kappa shape index (κ1) is 21.4. The molecule has 0 atom stereocenters. The van der Waals surface area contributed by atoms with Gasteiger partial charge in [-0.25, -0.2) is 5.48 Å². The fraction of sp³-hybridized carbons (Fsp3) is 0.273. The molecule has 8 nitrogen and oxygen atoms in total. The molecule has 3 N–H and O–H groups in total. The van der Waals surface area contributed by atoms with Gasteiger partial charge in [-0.15, -0.1) is 0 Å². The SMILES string of the molecule is CN(C)Cc1c(CC(=O)NCCOc2ccc(C(=O)NO)cc2)oc2ccccc12. The van der Waals surface area contributed by atoms with E-state index in [1.165, 1.54) is 12.1 Å². The number of carbonyl (C=O) groups is 2. The highest BCUT2D eigenvalue weighted by Gasteiger charge is 2.17. The van der Waals surface area contributed by atoms with Gasteiger partial charge in [0.05, 0.1) is 13.0 Å². The molecule has 0 spiro atoms. The van der Waals surface area contributed by atoms with Crippen molar-refractivity contribution in [2.24, 2.45) is 0 Å². The van der Waals surface area contributed by atoms with E-state index in [-0.39, 0.29) is 18.9 Å². The Bertz CT molecular complexity index is 1010. The molecule has 2 aromatic carbocycles. The number of ether oxygens (including phenoxy) is 1. The van der Waals surface area contributed by atoms with E-state index in [4.69, 9.17) is 14.4 Å². The second-order valence-corrected chi connectivity index (χ2v) is 7.08. The molecule has 0 aliphatic carbocycles. The molecule has 30 heavy (non-hydrogen) atoms. The molecule has 3 rings (SSSR count). The van der Waals surface area contributed by atoms with Crippen LogP contribution < -0.4 is 15.5 Å². The topological polar surface area (TPSA) is 104 Å². The summed E-state index contributed by atoms with van der Waals surface area (Å²) in [5.74, 6) is 0.492. The van der Waals surface area contributed by atoms with Crippen molar-refractivity contribution in [3.63, 3.8) is 0 Å². The van der Waals surface area contributed by atoms with E-state index >= 15 is 0 Å². The molecule has 0 unspecified atom stereocenters. The van der Waals surface area contributed by atoms with Crippen LogP contribution in [0, 0.1) is 0 Å². The van der Waals surface area contributed by atoms with Gasteiger partial charge in [0.15, 0.2) is 0 Å². The third kappa shape index (κ3) is 5.37. The number of benzene rings is 2. The molecule has 2 amide bonds. The fourth-order valence-electron chi connectivity index (χ4n) is 3.12. The normalized spacial score (nSPS) is 10.9. The molecule has 0 bridgehead atoms. The summed E-state index contributed by atoms with van der Waals surface area (Å²) in [5, 5.41) is 12.5. The quantitative estimate of drug-likeness (QED) is 0.284. The Morgan fingerprint density at radius 3 is 2.53 bits per heavy atom. The minimum atomic E-state index is -0.590. The van der Waals surface area contributed by atoms with Gasteiger partial charge in [-0.05, 0) is 44.4 Å². The summed E-state index contributed by atoms with van der Waals surface area (Å²) in [7, 11) is 3.96. The summed E-state index contributed by atoms with van der Waals surface area (Å²) >= 11 is 0. The van der Waals surface area contributed by atoms with Crippen LogP contribution in [0.3, 0.4) is 0 Å². The Morgan fingerprint density at radius 2 is 1.83 bits per heavy atom. The number of nitrogens with one attached hydrogen (secondary N) is 2. The molecule has 3 aromatic rings. The van der Waals surface area contributed by atoms with Crippen molar-refractivity contribution in [3.8, 4) is 5.75 Å². The van der Waals surface area contributed by atoms with E-state index in [0.29, 0.717) is 30.2 Å². The van der Waals surface area contributed by atoms with Gasteiger partial charge < -0.3 is 19.4 Å². The first-order chi connectivity index (χ1) is 14.5. The number of furan rings is 1. The van der Waals surface area contributed by atoms with Gasteiger partial charge in [-0.1, -0.05) is 18.2 Å². The van der Waals surface area contributed by atoms with Crippen LogP contribution in [-0.4, -0.2) is 49.2 Å². The van der Waals surface area contributed by atoms with Crippen LogP contribution in [0.25, 0.3) is 11.0 Å². The van der Waals surface area contributed by atoms with E-state index in [2.05, 4.69) is 5.32 Å². The zero-order valence-electron chi connectivity index (χ0n) is 17.0. The van der Waals surface area contributed by atoms with Crippen molar-refractivity contribution >= 4 is 22.8 Å². The Morgan fingerprint density at radius 1 is 1.10 bits per heavy atom. The first-order valence-electron chi connectivity index (χ1n) is 9.56. The minimum Gasteiger partial charge on any atom is -0.492 e. The van der Waals surface area contributed by atoms with E-state index < -0.39 is 5.91 Å². The number of hydroxylamine groups is 1. The van der Waals surface area contributed by atoms with Crippen LogP contribution in [0.1, 0.15) is 21.7 Å². The Labute approximate surface area is 174 Å². The van der Waals surface area contributed by atoms with Crippen LogP contribution in [0.15, 0.2) is 52.9 Å². The van der Waals surface area contributed by atoms with E-state index in [9.17, 15) is 9.59 Å². The van der Waals surface area contributed by atoms with Crippen molar-refractivity contribution in [2.45, 2.75) is 13.0 Å². The molecular weight excluding hydrogens is 386 g/mol. The zero-order chi connectivity index (χ0) is 21.5. The third-order valence-electron chi connectivity index (χ3n) is 4.49. The number of amides is 2. The van der Waals surface area contributed by atoms with Gasteiger partial charge in [-0.2, -0.15) is 0 Å². The first-order valence-corrected chi connectivity index (χ1v) is 9.56. The summed E-state index contributed by atoms with van der Waals surface area (Å²) in [6, 6.07) is 14.1. The number of hydrogen-bond acceptors (Lipinski definition) is 6. The fourth-order valence-corrected chi connectivity index (χ4v) is 3.12. The summed E-state index contributed by atoms with van der Waals surface area (Å²) in [6.45, 7) is 1.30. The summed E-state index contributed by atoms with van der Waals surface area (Å²) in [4.78, 5) is 25.7. The summed E-state index contributed by atoms with van der Waals surface area (Å²) in [5.41, 5.74) is 3.69. The van der Waals surface area contributed by atoms with E-state index in [1.54, 1.807) is 17.6 Å². The molecule has 0 saturated carbocycles. The standard InChI is InChI=1S/C22H25N3O5/c1-25(2)14-18-17-5-3-4-6-19(17)30-20(18)13-21(26)23-11-12-29-16-9-7-15(8-10-16)22(27)24-28/h3-10,28H,11-14H2,1-2H3,(H,23,26)(H,24,27). The maximum absolute atomic E-state index is 12.4. The van der Waals surface area contributed by atoms with Gasteiger partial charge >= 0.3 is 0 Å². The molecule has 0 fully saturated rings. The predicted octanol–water partition coefficient (Wildman–Crippen LogP) is 2.35. The van der Waals surface area contributed by atoms with E-state index in [0.717, 1.165) is 16.5 Å². The molecule has 8 heteroatoms. The van der Waals surface area contributed by atoms with Crippen molar-refractivity contribution < 1.29 is 24.0 Å². The highest BCUT2D eigenvalue weighted by Crippen LogP contribution is 2.27. The zero-order valence-corrected chi connectivity index (χ0v) is 17.0. The number of hydrogen-bond donors (Lipinski definition) is 3. The number of fused-ring (bicyclic) bond motifs is 1. The molecule has 1 aromatic heterocycles. The number of para-hydroxylation sites is 1. The molecule has 1 heterocycles. The van der Waals surface area contributed by atoms with Crippen molar-refractivity contribution in [1.82, 2.24) is 15.7 Å². The Kier molecular flexibility index (Phi) is 7.05. The van der Waals surface area contributed by atoms with Gasteiger partial charge in [0, 0.05) is 23.1 Å². The molecule has 158 valence electrons. The van der Waals surface area contributed by atoms with Crippen LogP contribution >= 0.6 is 0 Å². The van der Waals surface area contributed by atoms with Crippen molar-refractivity contribution in [3.05, 3.63) is 65.4 Å². The molecule has 0 saturated heterocycles. The largest absolute Gasteiger partial charge is 0.492 e. The van der Waals surface area contributed by atoms with Crippen molar-refractivity contribution in [1.29, 1.82) is 0 Å². The predicted molar refractivity (Wildman–Crippen MR) is 112 cm³/mol. The second-order valence-electron chi connectivity index (χ2n) is 7.08. The highest BCUT2D eigenvalue weighted by atomic mass is 16.5. The van der Waals surface area contributed by atoms with Crippen molar-refractivity contribution in [2.75, 3.05) is 27.2 Å². The minimum absolute atomic E-state index is 0.146. The number of rotatable bonds is 9. The van der Waals surface area contributed by atoms with Crippen LogP contribution in [0.2, 0.25) is 0 Å². The second kappa shape index (κ2) is 9.91. The molecule has 0 aliphatic heterocycles. The van der Waals surface area contributed by atoms with Crippen LogP contribution in [0.5, 0.6) is 5.75 Å². The lowest BCUT2D eigenvalue weighted by molar-refractivity contribution is -0.120. The third-order valence-corrected chi connectivity index (χ3v) is 4.49. The van der Waals surface area contributed by atoms with Gasteiger partial charge in [0.1, 0.15) is 23.7 Å². The average Bonchev–Trinajstić information content (AvgIpc) is 3.07. The monoisotopic (exact) mass is 411 g/mol. The van der Waals surface area contributed by atoms with Gasteiger partial charge in [0.25, 0.3) is 5.91 Å². The molecular formula is C22H25N3O5. The smallest absolute Gasteiger partial charge is 0.274 e. The van der Waals surface area contributed by atoms with Crippen LogP contribution in [-0.2, 0) is 17.8 Å². The Balaban J connectivity index is 1.52. The van der Waals surface area contributed by atoms with Gasteiger partial charge in [0.2, 0.25) is 5.91 Å². The average molecular weight is 411 g/mol. The lowest BCUT2D eigenvalue weighted by atomic mass is 10.1. The number of nitrogens with zero attached hydrogens (tertiary/aromatic N) is 1. The summed E-state index contributed by atoms with van der Waals surface area (Å²) in [6.07, 6.45) is 0.156. The maximum Gasteiger partial charge on any atom is 0.274 e. The summed E-state index contributed by atoms with van der Waals surface area (Å²) < 4.78 is 11.5. The Hall–Kier alpha value is -3.36. The van der Waals surface area contributed by atoms with E-state index in [1.807, 2.05) is 43.3 Å². The van der Waals surface area contributed by atoms with Crippen LogP contribution in [0.4, 0.5) is 0 Å². The van der Waals surface area contributed by atoms with Gasteiger partial charge in [-0.3, -0.25) is 14.8 Å². The highest BCUT2D eigenvalue weighted by molar-refractivity contribution is 5.93. The lowest BCUT2D eigenvalue weighted by Gasteiger charge is -2.11. The lowest BCUT2D eigenvalue weighted by Crippen LogP contribution is -2.29. The maximum atomic E-state index is 12.4. The number of carbonyl (C=O) groups excluding carboxylic acids is 2. The molecule has 0 aliphatic rings.